The van der Waals surface area contributed by atoms with E-state index in [0.29, 0.717) is 5.92 Å². The minimum Gasteiger partial charge on any atom is -0.313 e. The highest BCUT2D eigenvalue weighted by Gasteiger charge is 2.08. The van der Waals surface area contributed by atoms with E-state index in [1.165, 1.54) is 29.7 Å². The second-order valence-corrected chi connectivity index (χ2v) is 5.94. The van der Waals surface area contributed by atoms with Crippen LogP contribution in [-0.2, 0) is 6.54 Å². The summed E-state index contributed by atoms with van der Waals surface area (Å²) < 4.78 is 2.03. The molecule has 114 valence electrons. The van der Waals surface area contributed by atoms with E-state index in [9.17, 15) is 0 Å². The molecule has 3 nitrogen and oxygen atoms in total. The van der Waals surface area contributed by atoms with Crippen LogP contribution in [0.1, 0.15) is 56.4 Å². The molecule has 0 unspecified atom stereocenters. The molecule has 1 aromatic carbocycles. The van der Waals surface area contributed by atoms with Gasteiger partial charge in [0, 0.05) is 17.8 Å². The Bertz CT molecular complexity index is 552. The summed E-state index contributed by atoms with van der Waals surface area (Å²) in [5.41, 5.74) is 5.00. The van der Waals surface area contributed by atoms with E-state index in [1.807, 2.05) is 10.9 Å². The molecule has 0 amide bonds. The summed E-state index contributed by atoms with van der Waals surface area (Å²) in [5, 5.41) is 8.01. The van der Waals surface area contributed by atoms with Gasteiger partial charge in [-0.15, -0.1) is 0 Å². The lowest BCUT2D eigenvalue weighted by molar-refractivity contribution is 0.639. The molecule has 0 fully saturated rings. The number of aromatic nitrogens is 2. The number of nitrogens with zero attached hydrogens (tertiary/aromatic N) is 2. The van der Waals surface area contributed by atoms with Gasteiger partial charge >= 0.3 is 0 Å². The standard InChI is InChI=1S/C18H27N3/c1-5-6-11-19-12-17-13-20-21(15(17)4)18-9-7-16(8-10-18)14(2)3/h7-10,13-14,19H,5-6,11-12H2,1-4H3. The average molecular weight is 285 g/mol. The van der Waals surface area contributed by atoms with Crippen molar-refractivity contribution in [2.45, 2.75) is 53.0 Å². The predicted molar refractivity (Wildman–Crippen MR) is 89.0 cm³/mol. The lowest BCUT2D eigenvalue weighted by Crippen LogP contribution is -2.14. The minimum atomic E-state index is 0.566. The van der Waals surface area contributed by atoms with Crippen molar-refractivity contribution in [3.63, 3.8) is 0 Å². The van der Waals surface area contributed by atoms with Gasteiger partial charge in [-0.3, -0.25) is 0 Å². The summed E-state index contributed by atoms with van der Waals surface area (Å²) in [6.07, 6.45) is 4.43. The highest BCUT2D eigenvalue weighted by molar-refractivity contribution is 5.37. The summed E-state index contributed by atoms with van der Waals surface area (Å²) in [7, 11) is 0. The summed E-state index contributed by atoms with van der Waals surface area (Å²) in [6.45, 7) is 10.8. The van der Waals surface area contributed by atoms with Crippen molar-refractivity contribution in [3.05, 3.63) is 47.3 Å². The maximum atomic E-state index is 4.54. The van der Waals surface area contributed by atoms with Crippen LogP contribution in [0, 0.1) is 6.92 Å². The highest BCUT2D eigenvalue weighted by atomic mass is 15.3. The number of rotatable bonds is 7. The molecule has 0 atom stereocenters. The lowest BCUT2D eigenvalue weighted by Gasteiger charge is -2.09. The summed E-state index contributed by atoms with van der Waals surface area (Å²) in [4.78, 5) is 0. The average Bonchev–Trinajstić information content (AvgIpc) is 2.85. The van der Waals surface area contributed by atoms with Crippen molar-refractivity contribution in [1.29, 1.82) is 0 Å². The second-order valence-electron chi connectivity index (χ2n) is 5.94. The van der Waals surface area contributed by atoms with E-state index in [-0.39, 0.29) is 0 Å². The van der Waals surface area contributed by atoms with Gasteiger partial charge in [0.1, 0.15) is 0 Å². The Morgan fingerprint density at radius 3 is 2.52 bits per heavy atom. The van der Waals surface area contributed by atoms with Crippen LogP contribution in [0.5, 0.6) is 0 Å². The molecule has 0 aliphatic rings. The van der Waals surface area contributed by atoms with Gasteiger partial charge < -0.3 is 5.32 Å². The van der Waals surface area contributed by atoms with E-state index in [1.54, 1.807) is 0 Å². The van der Waals surface area contributed by atoms with Crippen molar-refractivity contribution in [2.24, 2.45) is 0 Å². The van der Waals surface area contributed by atoms with Gasteiger partial charge in [-0.1, -0.05) is 39.3 Å². The van der Waals surface area contributed by atoms with E-state index < -0.39 is 0 Å². The zero-order valence-corrected chi connectivity index (χ0v) is 13.7. The van der Waals surface area contributed by atoms with Crippen molar-refractivity contribution in [2.75, 3.05) is 6.54 Å². The van der Waals surface area contributed by atoms with E-state index >= 15 is 0 Å². The molecule has 0 spiro atoms. The number of hydrogen-bond donors (Lipinski definition) is 1. The Labute approximate surface area is 128 Å². The topological polar surface area (TPSA) is 29.9 Å². The summed E-state index contributed by atoms with van der Waals surface area (Å²) in [6, 6.07) is 8.70. The molecule has 1 N–H and O–H groups in total. The SMILES string of the molecule is CCCCNCc1cnn(-c2ccc(C(C)C)cc2)c1C. The highest BCUT2D eigenvalue weighted by Crippen LogP contribution is 2.18. The second kappa shape index (κ2) is 7.41. The first kappa shape index (κ1) is 15.8. The molecule has 1 aromatic heterocycles. The zero-order chi connectivity index (χ0) is 15.2. The quantitative estimate of drug-likeness (QED) is 0.773. The molecular weight excluding hydrogens is 258 g/mol. The third-order valence-corrected chi connectivity index (χ3v) is 3.94. The molecule has 0 saturated carbocycles. The Morgan fingerprint density at radius 2 is 1.90 bits per heavy atom. The normalized spacial score (nSPS) is 11.3. The number of hydrogen-bond acceptors (Lipinski definition) is 2. The Hall–Kier alpha value is -1.61. The number of unbranched alkanes of at least 4 members (excludes halogenated alkanes) is 1. The molecule has 0 saturated heterocycles. The van der Waals surface area contributed by atoms with Crippen LogP contribution in [0.4, 0.5) is 0 Å². The predicted octanol–water partition coefficient (Wildman–Crippen LogP) is 4.19. The first-order chi connectivity index (χ1) is 10.1. The molecule has 3 heteroatoms. The maximum absolute atomic E-state index is 4.54. The van der Waals surface area contributed by atoms with Crippen LogP contribution in [0.25, 0.3) is 5.69 Å². The fourth-order valence-electron chi connectivity index (χ4n) is 2.40. The number of nitrogens with one attached hydrogen (secondary N) is 1. The van der Waals surface area contributed by atoms with Crippen LogP contribution in [0.2, 0.25) is 0 Å². The molecule has 0 aliphatic heterocycles. The smallest absolute Gasteiger partial charge is 0.0648 e. The molecule has 1 heterocycles. The monoisotopic (exact) mass is 285 g/mol. The van der Waals surface area contributed by atoms with Crippen molar-refractivity contribution >= 4 is 0 Å². The van der Waals surface area contributed by atoms with Crippen molar-refractivity contribution < 1.29 is 0 Å². The van der Waals surface area contributed by atoms with Gasteiger partial charge in [-0.05, 0) is 43.5 Å². The van der Waals surface area contributed by atoms with Crippen LogP contribution in [0.15, 0.2) is 30.5 Å². The van der Waals surface area contributed by atoms with Crippen molar-refractivity contribution in [3.8, 4) is 5.69 Å². The van der Waals surface area contributed by atoms with Gasteiger partial charge in [-0.25, -0.2) is 4.68 Å². The zero-order valence-electron chi connectivity index (χ0n) is 13.7. The summed E-state index contributed by atoms with van der Waals surface area (Å²) >= 11 is 0. The van der Waals surface area contributed by atoms with Gasteiger partial charge in [0.05, 0.1) is 11.9 Å². The Kier molecular flexibility index (Phi) is 5.57. The lowest BCUT2D eigenvalue weighted by atomic mass is 10.0. The molecule has 2 rings (SSSR count). The van der Waals surface area contributed by atoms with Crippen molar-refractivity contribution in [1.82, 2.24) is 15.1 Å². The fourth-order valence-corrected chi connectivity index (χ4v) is 2.40. The van der Waals surface area contributed by atoms with Crippen LogP contribution < -0.4 is 5.32 Å². The first-order valence-corrected chi connectivity index (χ1v) is 7.98. The molecule has 0 radical (unpaired) electrons. The third-order valence-electron chi connectivity index (χ3n) is 3.94. The van der Waals surface area contributed by atoms with Crippen LogP contribution >= 0.6 is 0 Å². The van der Waals surface area contributed by atoms with Gasteiger partial charge in [0.25, 0.3) is 0 Å². The largest absolute Gasteiger partial charge is 0.313 e. The summed E-state index contributed by atoms with van der Waals surface area (Å²) in [5.74, 6) is 0.566. The molecule has 0 bridgehead atoms. The molecule has 2 aromatic rings. The maximum Gasteiger partial charge on any atom is 0.0648 e. The van der Waals surface area contributed by atoms with Gasteiger partial charge in [0.15, 0.2) is 0 Å². The minimum absolute atomic E-state index is 0.566. The molecule has 21 heavy (non-hydrogen) atoms. The third kappa shape index (κ3) is 3.94. The van der Waals surface area contributed by atoms with Gasteiger partial charge in [-0.2, -0.15) is 5.10 Å². The molecular formula is C18H27N3. The first-order valence-electron chi connectivity index (χ1n) is 7.98. The Morgan fingerprint density at radius 1 is 1.19 bits per heavy atom. The molecule has 0 aliphatic carbocycles. The Balaban J connectivity index is 2.08. The number of benzene rings is 1. The van der Waals surface area contributed by atoms with Crippen LogP contribution in [-0.4, -0.2) is 16.3 Å². The van der Waals surface area contributed by atoms with E-state index in [4.69, 9.17) is 0 Å². The fraction of sp³-hybridized carbons (Fsp3) is 0.500. The van der Waals surface area contributed by atoms with Gasteiger partial charge in [0.2, 0.25) is 0 Å². The van der Waals surface area contributed by atoms with E-state index in [2.05, 4.69) is 62.4 Å². The van der Waals surface area contributed by atoms with Crippen LogP contribution in [0.3, 0.4) is 0 Å². The van der Waals surface area contributed by atoms with E-state index in [0.717, 1.165) is 18.8 Å².